The molecule has 0 radical (unpaired) electrons. The van der Waals surface area contributed by atoms with E-state index < -0.39 is 5.97 Å². The van der Waals surface area contributed by atoms with E-state index in [0.29, 0.717) is 11.5 Å². The van der Waals surface area contributed by atoms with Crippen LogP contribution in [0.5, 0.6) is 0 Å². The fourth-order valence-electron chi connectivity index (χ4n) is 1.68. The Morgan fingerprint density at radius 1 is 1.05 bits per heavy atom. The van der Waals surface area contributed by atoms with Gasteiger partial charge in [0.15, 0.2) is 0 Å². The highest BCUT2D eigenvalue weighted by molar-refractivity contribution is 5.87. The molecule has 0 spiro atoms. The predicted molar refractivity (Wildman–Crippen MR) is 69.3 cm³/mol. The lowest BCUT2D eigenvalue weighted by molar-refractivity contribution is 0.0697. The van der Waals surface area contributed by atoms with Gasteiger partial charge in [-0.05, 0) is 41.6 Å². The molecule has 7 nitrogen and oxygen atoms in total. The molecule has 3 rings (SSSR count). The number of pyridine rings is 1. The zero-order valence-electron chi connectivity index (χ0n) is 10.2. The first-order valence-electron chi connectivity index (χ1n) is 5.78. The first kappa shape index (κ1) is 12.0. The number of carboxylic acid groups (broad SMARTS) is 1. The van der Waals surface area contributed by atoms with Crippen LogP contribution in [0.4, 0.5) is 0 Å². The van der Waals surface area contributed by atoms with E-state index in [4.69, 9.17) is 5.11 Å². The molecule has 20 heavy (non-hydrogen) atoms. The molecule has 7 heteroatoms. The van der Waals surface area contributed by atoms with Crippen molar-refractivity contribution in [3.05, 3.63) is 54.4 Å². The zero-order valence-corrected chi connectivity index (χ0v) is 10.2. The summed E-state index contributed by atoms with van der Waals surface area (Å²) in [6, 6.07) is 9.81. The van der Waals surface area contributed by atoms with Gasteiger partial charge in [0.2, 0.25) is 5.82 Å². The maximum Gasteiger partial charge on any atom is 0.335 e. The second-order valence-electron chi connectivity index (χ2n) is 3.99. The molecule has 1 N–H and O–H groups in total. The quantitative estimate of drug-likeness (QED) is 0.771. The number of hydrogen-bond acceptors (Lipinski definition) is 5. The molecule has 3 aromatic rings. The minimum atomic E-state index is -0.972. The van der Waals surface area contributed by atoms with Gasteiger partial charge in [0.25, 0.3) is 0 Å². The van der Waals surface area contributed by atoms with E-state index in [2.05, 4.69) is 20.4 Å². The molecule has 0 fully saturated rings. The van der Waals surface area contributed by atoms with Gasteiger partial charge in [-0.15, -0.1) is 15.0 Å². The third-order valence-electron chi connectivity index (χ3n) is 2.70. The summed E-state index contributed by atoms with van der Waals surface area (Å²) in [5.74, 6) is -0.490. The van der Waals surface area contributed by atoms with Crippen LogP contribution < -0.4 is 0 Å². The molecular formula is C13H9N5O2. The van der Waals surface area contributed by atoms with Crippen LogP contribution >= 0.6 is 0 Å². The van der Waals surface area contributed by atoms with Crippen LogP contribution in [0.2, 0.25) is 0 Å². The fraction of sp³-hybridized carbons (Fsp3) is 0. The normalized spacial score (nSPS) is 10.4. The van der Waals surface area contributed by atoms with Crippen molar-refractivity contribution in [1.29, 1.82) is 0 Å². The second-order valence-corrected chi connectivity index (χ2v) is 3.99. The van der Waals surface area contributed by atoms with Crippen LogP contribution in [-0.2, 0) is 0 Å². The Hall–Kier alpha value is -3.09. The van der Waals surface area contributed by atoms with Crippen LogP contribution in [-0.4, -0.2) is 36.3 Å². The van der Waals surface area contributed by atoms with Gasteiger partial charge < -0.3 is 5.11 Å². The molecule has 1 aromatic carbocycles. The number of nitrogens with zero attached hydrogens (tertiary/aromatic N) is 5. The standard InChI is InChI=1S/C13H9N5O2/c19-13(20)10-1-3-11(4-2-10)18-16-12(15-17-18)9-5-7-14-8-6-9/h1-8H,(H,19,20). The number of carbonyl (C=O) groups is 1. The van der Waals surface area contributed by atoms with Crippen molar-refractivity contribution in [3.8, 4) is 17.1 Å². The molecule has 2 aromatic heterocycles. The summed E-state index contributed by atoms with van der Waals surface area (Å²) in [6.45, 7) is 0. The van der Waals surface area contributed by atoms with Crippen LogP contribution in [0, 0.1) is 0 Å². The molecule has 0 aliphatic carbocycles. The minimum absolute atomic E-state index is 0.211. The summed E-state index contributed by atoms with van der Waals surface area (Å²) >= 11 is 0. The van der Waals surface area contributed by atoms with E-state index in [1.165, 1.54) is 16.9 Å². The monoisotopic (exact) mass is 267 g/mol. The SMILES string of the molecule is O=C(O)c1ccc(-n2nnc(-c3ccncc3)n2)cc1. The minimum Gasteiger partial charge on any atom is -0.478 e. The average molecular weight is 267 g/mol. The van der Waals surface area contributed by atoms with E-state index >= 15 is 0 Å². The summed E-state index contributed by atoms with van der Waals surface area (Å²) in [6.07, 6.45) is 3.30. The van der Waals surface area contributed by atoms with Gasteiger partial charge in [-0.2, -0.15) is 0 Å². The Kier molecular flexibility index (Phi) is 2.92. The highest BCUT2D eigenvalue weighted by Gasteiger charge is 2.08. The lowest BCUT2D eigenvalue weighted by Crippen LogP contribution is -2.01. The number of benzene rings is 1. The van der Waals surface area contributed by atoms with Crippen molar-refractivity contribution in [2.75, 3.05) is 0 Å². The largest absolute Gasteiger partial charge is 0.478 e. The van der Waals surface area contributed by atoms with E-state index in [0.717, 1.165) is 5.56 Å². The molecule has 0 atom stereocenters. The average Bonchev–Trinajstić information content (AvgIpc) is 2.98. The van der Waals surface area contributed by atoms with Gasteiger partial charge in [-0.1, -0.05) is 0 Å². The Labute approximate surface area is 113 Å². The molecule has 2 heterocycles. The summed E-state index contributed by atoms with van der Waals surface area (Å²) in [5, 5.41) is 21.0. The highest BCUT2D eigenvalue weighted by Crippen LogP contribution is 2.13. The van der Waals surface area contributed by atoms with Crippen molar-refractivity contribution in [1.82, 2.24) is 25.2 Å². The second kappa shape index (κ2) is 4.88. The van der Waals surface area contributed by atoms with Crippen molar-refractivity contribution < 1.29 is 9.90 Å². The van der Waals surface area contributed by atoms with Crippen molar-refractivity contribution in [2.45, 2.75) is 0 Å². The van der Waals surface area contributed by atoms with Gasteiger partial charge in [0.1, 0.15) is 0 Å². The molecule has 0 saturated carbocycles. The fourth-order valence-corrected chi connectivity index (χ4v) is 1.68. The molecule has 0 amide bonds. The van der Waals surface area contributed by atoms with Crippen LogP contribution in [0.25, 0.3) is 17.1 Å². The Morgan fingerprint density at radius 2 is 1.75 bits per heavy atom. The number of rotatable bonds is 3. The molecule has 0 saturated heterocycles. The van der Waals surface area contributed by atoms with E-state index in [1.807, 2.05) is 0 Å². The third-order valence-corrected chi connectivity index (χ3v) is 2.70. The van der Waals surface area contributed by atoms with E-state index in [1.54, 1.807) is 36.7 Å². The summed E-state index contributed by atoms with van der Waals surface area (Å²) in [5.41, 5.74) is 1.67. The number of aromatic carboxylic acids is 1. The van der Waals surface area contributed by atoms with Crippen LogP contribution in [0.3, 0.4) is 0 Å². The van der Waals surface area contributed by atoms with Crippen molar-refractivity contribution in [2.24, 2.45) is 0 Å². The Bertz CT molecular complexity index is 737. The van der Waals surface area contributed by atoms with Crippen LogP contribution in [0.1, 0.15) is 10.4 Å². The first-order valence-corrected chi connectivity index (χ1v) is 5.78. The highest BCUT2D eigenvalue weighted by atomic mass is 16.4. The smallest absolute Gasteiger partial charge is 0.335 e. The van der Waals surface area contributed by atoms with E-state index in [9.17, 15) is 4.79 Å². The lowest BCUT2D eigenvalue weighted by atomic mass is 10.2. The topological polar surface area (TPSA) is 93.8 Å². The molecule has 0 unspecified atom stereocenters. The van der Waals surface area contributed by atoms with Crippen molar-refractivity contribution in [3.63, 3.8) is 0 Å². The molecule has 0 bridgehead atoms. The lowest BCUT2D eigenvalue weighted by Gasteiger charge is -1.98. The summed E-state index contributed by atoms with van der Waals surface area (Å²) in [7, 11) is 0. The van der Waals surface area contributed by atoms with Gasteiger partial charge in [0.05, 0.1) is 11.3 Å². The van der Waals surface area contributed by atoms with Gasteiger partial charge in [-0.3, -0.25) is 4.98 Å². The number of carboxylic acids is 1. The Morgan fingerprint density at radius 3 is 2.40 bits per heavy atom. The first-order chi connectivity index (χ1) is 9.74. The maximum atomic E-state index is 10.8. The number of aromatic nitrogens is 5. The van der Waals surface area contributed by atoms with Crippen molar-refractivity contribution >= 4 is 5.97 Å². The summed E-state index contributed by atoms with van der Waals surface area (Å²) < 4.78 is 0. The van der Waals surface area contributed by atoms with Crippen LogP contribution in [0.15, 0.2) is 48.8 Å². The zero-order chi connectivity index (χ0) is 13.9. The molecule has 0 aliphatic heterocycles. The van der Waals surface area contributed by atoms with E-state index in [-0.39, 0.29) is 5.56 Å². The number of tetrazole rings is 1. The maximum absolute atomic E-state index is 10.8. The number of hydrogen-bond donors (Lipinski definition) is 1. The molecular weight excluding hydrogens is 258 g/mol. The van der Waals surface area contributed by atoms with Gasteiger partial charge in [0, 0.05) is 18.0 Å². The Balaban J connectivity index is 1.92. The van der Waals surface area contributed by atoms with Gasteiger partial charge in [-0.25, -0.2) is 4.79 Å². The van der Waals surface area contributed by atoms with Gasteiger partial charge >= 0.3 is 5.97 Å². The third kappa shape index (κ3) is 2.24. The summed E-state index contributed by atoms with van der Waals surface area (Å²) in [4.78, 5) is 16.1. The molecule has 0 aliphatic rings. The predicted octanol–water partition coefficient (Wildman–Crippen LogP) is 1.42. The molecule has 98 valence electrons.